The van der Waals surface area contributed by atoms with Gasteiger partial charge in [-0.05, 0) is 37.0 Å². The van der Waals surface area contributed by atoms with E-state index in [0.29, 0.717) is 43.7 Å². The van der Waals surface area contributed by atoms with Crippen molar-refractivity contribution in [2.75, 3.05) is 26.2 Å². The molecule has 0 atom stereocenters. The molecular weight excluding hydrogens is 350 g/mol. The van der Waals surface area contributed by atoms with Gasteiger partial charge in [-0.2, -0.15) is 0 Å². The van der Waals surface area contributed by atoms with E-state index in [1.54, 1.807) is 0 Å². The number of urea groups is 1. The van der Waals surface area contributed by atoms with Gasteiger partial charge in [0.15, 0.2) is 0 Å². The largest absolute Gasteiger partial charge is 0.341 e. The van der Waals surface area contributed by atoms with Crippen LogP contribution in [-0.2, 0) is 11.2 Å². The molecule has 1 aromatic carbocycles. The van der Waals surface area contributed by atoms with Gasteiger partial charge in [-0.3, -0.25) is 4.79 Å². The molecule has 2 aliphatic rings. The smallest absolute Gasteiger partial charge is 0.317 e. The summed E-state index contributed by atoms with van der Waals surface area (Å²) >= 11 is 5.90. The molecule has 1 saturated heterocycles. The number of amides is 3. The average Bonchev–Trinajstić information content (AvgIpc) is 2.91. The predicted molar refractivity (Wildman–Crippen MR) is 103 cm³/mol. The first kappa shape index (κ1) is 19.0. The van der Waals surface area contributed by atoms with E-state index in [9.17, 15) is 9.59 Å². The van der Waals surface area contributed by atoms with E-state index in [1.165, 1.54) is 19.3 Å². The maximum Gasteiger partial charge on any atom is 0.317 e. The van der Waals surface area contributed by atoms with Gasteiger partial charge in [-0.1, -0.05) is 43.0 Å². The lowest BCUT2D eigenvalue weighted by molar-refractivity contribution is -0.130. The van der Waals surface area contributed by atoms with E-state index in [2.05, 4.69) is 5.32 Å². The molecule has 0 radical (unpaired) electrons. The molecule has 0 aromatic heterocycles. The fourth-order valence-corrected chi connectivity index (χ4v) is 3.90. The molecule has 26 heavy (non-hydrogen) atoms. The van der Waals surface area contributed by atoms with Gasteiger partial charge in [0.25, 0.3) is 0 Å². The third kappa shape index (κ3) is 5.37. The average molecular weight is 378 g/mol. The standard InChI is InChI=1S/C20H28ClN3O2/c21-17-9-7-16(8-10-17)15-19(25)23-11-4-12-24(14-13-23)20(26)22-18-5-2-1-3-6-18/h7-10,18H,1-6,11-15H2,(H,22,26). The molecule has 1 saturated carbocycles. The highest BCUT2D eigenvalue weighted by atomic mass is 35.5. The van der Waals surface area contributed by atoms with Crippen molar-refractivity contribution >= 4 is 23.5 Å². The minimum Gasteiger partial charge on any atom is -0.341 e. The number of hydrogen-bond acceptors (Lipinski definition) is 2. The molecule has 5 nitrogen and oxygen atoms in total. The lowest BCUT2D eigenvalue weighted by Gasteiger charge is -2.27. The van der Waals surface area contributed by atoms with E-state index < -0.39 is 0 Å². The van der Waals surface area contributed by atoms with Gasteiger partial charge in [-0.15, -0.1) is 0 Å². The molecule has 1 heterocycles. The summed E-state index contributed by atoms with van der Waals surface area (Å²) in [7, 11) is 0. The third-order valence-electron chi connectivity index (χ3n) is 5.34. The van der Waals surface area contributed by atoms with Crippen molar-refractivity contribution < 1.29 is 9.59 Å². The van der Waals surface area contributed by atoms with Crippen LogP contribution in [0.1, 0.15) is 44.1 Å². The van der Waals surface area contributed by atoms with Crippen LogP contribution in [0.25, 0.3) is 0 Å². The highest BCUT2D eigenvalue weighted by Gasteiger charge is 2.24. The summed E-state index contributed by atoms with van der Waals surface area (Å²) in [6, 6.07) is 7.75. The van der Waals surface area contributed by atoms with Crippen molar-refractivity contribution in [1.82, 2.24) is 15.1 Å². The van der Waals surface area contributed by atoms with Crippen LogP contribution in [0.4, 0.5) is 4.79 Å². The third-order valence-corrected chi connectivity index (χ3v) is 5.59. The first-order chi connectivity index (χ1) is 12.6. The molecule has 1 aliphatic heterocycles. The summed E-state index contributed by atoms with van der Waals surface area (Å²) in [6.45, 7) is 2.62. The van der Waals surface area contributed by atoms with E-state index in [-0.39, 0.29) is 11.9 Å². The van der Waals surface area contributed by atoms with E-state index >= 15 is 0 Å². The molecule has 3 amide bonds. The Kier molecular flexibility index (Phi) is 6.78. The first-order valence-corrected chi connectivity index (χ1v) is 10.1. The van der Waals surface area contributed by atoms with Crippen LogP contribution in [0.5, 0.6) is 0 Å². The fourth-order valence-electron chi connectivity index (χ4n) is 3.77. The normalized spacial score (nSPS) is 19.1. The number of halogens is 1. The van der Waals surface area contributed by atoms with Crippen LogP contribution >= 0.6 is 11.6 Å². The molecule has 2 fully saturated rings. The van der Waals surface area contributed by atoms with Gasteiger partial charge in [0.2, 0.25) is 5.91 Å². The maximum absolute atomic E-state index is 12.6. The van der Waals surface area contributed by atoms with Crippen molar-refractivity contribution in [1.29, 1.82) is 0 Å². The second-order valence-corrected chi connectivity index (χ2v) is 7.75. The highest BCUT2D eigenvalue weighted by Crippen LogP contribution is 2.18. The highest BCUT2D eigenvalue weighted by molar-refractivity contribution is 6.30. The second-order valence-electron chi connectivity index (χ2n) is 7.31. The number of nitrogens with zero attached hydrogens (tertiary/aromatic N) is 2. The summed E-state index contributed by atoms with van der Waals surface area (Å²) < 4.78 is 0. The zero-order valence-electron chi connectivity index (χ0n) is 15.3. The molecule has 1 aliphatic carbocycles. The maximum atomic E-state index is 12.6. The van der Waals surface area contributed by atoms with E-state index in [0.717, 1.165) is 24.8 Å². The number of carbonyl (C=O) groups excluding carboxylic acids is 2. The monoisotopic (exact) mass is 377 g/mol. The summed E-state index contributed by atoms with van der Waals surface area (Å²) in [5.41, 5.74) is 0.968. The molecule has 0 spiro atoms. The molecule has 0 bridgehead atoms. The minimum absolute atomic E-state index is 0.0314. The molecular formula is C20H28ClN3O2. The number of rotatable bonds is 3. The van der Waals surface area contributed by atoms with Crippen LogP contribution in [0.2, 0.25) is 5.02 Å². The van der Waals surface area contributed by atoms with Gasteiger partial charge in [0.1, 0.15) is 0 Å². The van der Waals surface area contributed by atoms with Crippen molar-refractivity contribution in [3.05, 3.63) is 34.9 Å². The zero-order chi connectivity index (χ0) is 18.4. The van der Waals surface area contributed by atoms with Crippen LogP contribution in [0.3, 0.4) is 0 Å². The fraction of sp³-hybridized carbons (Fsp3) is 0.600. The zero-order valence-corrected chi connectivity index (χ0v) is 16.0. The SMILES string of the molecule is O=C(Cc1ccc(Cl)cc1)N1CCCN(C(=O)NC2CCCCC2)CC1. The topological polar surface area (TPSA) is 52.7 Å². The van der Waals surface area contributed by atoms with Gasteiger partial charge in [0, 0.05) is 37.2 Å². The first-order valence-electron chi connectivity index (χ1n) is 9.69. The summed E-state index contributed by atoms with van der Waals surface area (Å²) in [5.74, 6) is 0.113. The quantitative estimate of drug-likeness (QED) is 0.877. The number of nitrogens with one attached hydrogen (secondary N) is 1. The van der Waals surface area contributed by atoms with Crippen molar-refractivity contribution in [2.24, 2.45) is 0 Å². The Morgan fingerprint density at radius 1 is 0.923 bits per heavy atom. The van der Waals surface area contributed by atoms with Crippen molar-refractivity contribution in [3.8, 4) is 0 Å². The van der Waals surface area contributed by atoms with Gasteiger partial charge in [0.05, 0.1) is 6.42 Å². The Hall–Kier alpha value is -1.75. The summed E-state index contributed by atoms with van der Waals surface area (Å²) in [4.78, 5) is 28.8. The van der Waals surface area contributed by atoms with Gasteiger partial charge >= 0.3 is 6.03 Å². The van der Waals surface area contributed by atoms with Crippen LogP contribution in [0, 0.1) is 0 Å². The van der Waals surface area contributed by atoms with Gasteiger partial charge < -0.3 is 15.1 Å². The van der Waals surface area contributed by atoms with E-state index in [4.69, 9.17) is 11.6 Å². The number of benzene rings is 1. The molecule has 1 aromatic rings. The van der Waals surface area contributed by atoms with Crippen LogP contribution < -0.4 is 5.32 Å². The van der Waals surface area contributed by atoms with E-state index in [1.807, 2.05) is 34.1 Å². The molecule has 3 rings (SSSR count). The Balaban J connectivity index is 1.48. The van der Waals surface area contributed by atoms with Crippen LogP contribution in [0.15, 0.2) is 24.3 Å². The lowest BCUT2D eigenvalue weighted by Crippen LogP contribution is -2.47. The lowest BCUT2D eigenvalue weighted by atomic mass is 9.96. The van der Waals surface area contributed by atoms with Crippen molar-refractivity contribution in [3.63, 3.8) is 0 Å². The second kappa shape index (κ2) is 9.26. The molecule has 142 valence electrons. The molecule has 1 N–H and O–H groups in total. The Morgan fingerprint density at radius 3 is 2.31 bits per heavy atom. The predicted octanol–water partition coefficient (Wildman–Crippen LogP) is 3.46. The van der Waals surface area contributed by atoms with Gasteiger partial charge in [-0.25, -0.2) is 4.79 Å². The Bertz CT molecular complexity index is 614. The number of hydrogen-bond donors (Lipinski definition) is 1. The number of carbonyl (C=O) groups is 2. The van der Waals surface area contributed by atoms with Crippen LogP contribution in [-0.4, -0.2) is 54.0 Å². The Morgan fingerprint density at radius 2 is 1.58 bits per heavy atom. The molecule has 6 heteroatoms. The van der Waals surface area contributed by atoms with Crippen molar-refractivity contribution in [2.45, 2.75) is 51.0 Å². The summed E-state index contributed by atoms with van der Waals surface area (Å²) in [5, 5.41) is 3.85. The Labute approximate surface area is 160 Å². The summed E-state index contributed by atoms with van der Waals surface area (Å²) in [6.07, 6.45) is 7.07. The minimum atomic E-state index is 0.0314. The molecule has 0 unspecified atom stereocenters.